The van der Waals surface area contributed by atoms with Crippen molar-refractivity contribution in [1.82, 2.24) is 0 Å². The van der Waals surface area contributed by atoms with Crippen LogP contribution >= 0.6 is 0 Å². The van der Waals surface area contributed by atoms with Gasteiger partial charge in [0.15, 0.2) is 0 Å². The van der Waals surface area contributed by atoms with E-state index >= 15 is 0 Å². The zero-order valence-electron chi connectivity index (χ0n) is 10.0. The summed E-state index contributed by atoms with van der Waals surface area (Å²) in [6, 6.07) is 0. The average molecular weight is 218 g/mol. The number of aliphatic hydroxyl groups excluding tert-OH is 1. The van der Waals surface area contributed by atoms with Crippen LogP contribution in [0.5, 0.6) is 0 Å². The van der Waals surface area contributed by atoms with E-state index in [0.717, 1.165) is 45.5 Å². The van der Waals surface area contributed by atoms with Gasteiger partial charge in [0.2, 0.25) is 0 Å². The highest BCUT2D eigenvalue weighted by Gasteiger charge is 1.91. The van der Waals surface area contributed by atoms with Crippen LogP contribution in [0, 0.1) is 0 Å². The van der Waals surface area contributed by atoms with Crippen LogP contribution in [-0.4, -0.2) is 38.1 Å². The molecule has 0 aliphatic carbocycles. The monoisotopic (exact) mass is 218 g/mol. The minimum absolute atomic E-state index is 0.231. The molecule has 15 heavy (non-hydrogen) atoms. The maximum atomic E-state index is 8.52. The molecule has 0 radical (unpaired) electrons. The van der Waals surface area contributed by atoms with Crippen LogP contribution in [0.3, 0.4) is 0 Å². The van der Waals surface area contributed by atoms with Crippen LogP contribution in [0.25, 0.3) is 0 Å². The number of ether oxygens (including phenoxy) is 2. The highest BCUT2D eigenvalue weighted by atomic mass is 16.5. The molecule has 1 N–H and O–H groups in total. The minimum atomic E-state index is 0.231. The van der Waals surface area contributed by atoms with Gasteiger partial charge in [-0.1, -0.05) is 19.8 Å². The Bertz CT molecular complexity index is 95.0. The molecule has 92 valence electrons. The zero-order valence-corrected chi connectivity index (χ0v) is 10.0. The Morgan fingerprint density at radius 1 is 0.733 bits per heavy atom. The summed E-state index contributed by atoms with van der Waals surface area (Å²) in [7, 11) is 0. The fraction of sp³-hybridized carbons (Fsp3) is 1.00. The first kappa shape index (κ1) is 14.9. The normalized spacial score (nSPS) is 10.8. The molecule has 0 aromatic carbocycles. The van der Waals surface area contributed by atoms with E-state index < -0.39 is 0 Å². The molecule has 0 aromatic heterocycles. The second kappa shape index (κ2) is 13.9. The average Bonchev–Trinajstić information content (AvgIpc) is 2.26. The first-order valence-electron chi connectivity index (χ1n) is 6.18. The number of unbranched alkanes of at least 4 members (excludes halogenated alkanes) is 3. The van der Waals surface area contributed by atoms with Crippen molar-refractivity contribution in [3.8, 4) is 0 Å². The molecule has 0 bridgehead atoms. The van der Waals surface area contributed by atoms with Crippen molar-refractivity contribution in [3.05, 3.63) is 0 Å². The standard InChI is InChI=1S/C12H26O3/c1-2-9-14-10-5-3-4-6-11-15-12-7-8-13/h13H,2-12H2,1H3. The van der Waals surface area contributed by atoms with E-state index in [0.29, 0.717) is 6.61 Å². The minimum Gasteiger partial charge on any atom is -0.396 e. The summed E-state index contributed by atoms with van der Waals surface area (Å²) in [6.07, 6.45) is 6.60. The summed E-state index contributed by atoms with van der Waals surface area (Å²) < 4.78 is 10.7. The number of hydrogen-bond donors (Lipinski definition) is 1. The van der Waals surface area contributed by atoms with Gasteiger partial charge < -0.3 is 14.6 Å². The van der Waals surface area contributed by atoms with Gasteiger partial charge in [0, 0.05) is 33.0 Å². The second-order valence-corrected chi connectivity index (χ2v) is 3.72. The van der Waals surface area contributed by atoms with E-state index in [9.17, 15) is 0 Å². The fourth-order valence-electron chi connectivity index (χ4n) is 1.28. The number of hydrogen-bond acceptors (Lipinski definition) is 3. The molecule has 0 atom stereocenters. The Hall–Kier alpha value is -0.120. The molecule has 0 saturated carbocycles. The molecular formula is C12H26O3. The van der Waals surface area contributed by atoms with Crippen LogP contribution in [0.15, 0.2) is 0 Å². The summed E-state index contributed by atoms with van der Waals surface area (Å²) >= 11 is 0. The molecule has 0 fully saturated rings. The van der Waals surface area contributed by atoms with Gasteiger partial charge in [-0.3, -0.25) is 0 Å². The third kappa shape index (κ3) is 13.9. The topological polar surface area (TPSA) is 38.7 Å². The maximum absolute atomic E-state index is 8.52. The lowest BCUT2D eigenvalue weighted by Crippen LogP contribution is -1.99. The predicted octanol–water partition coefficient (Wildman–Crippen LogP) is 2.37. The Labute approximate surface area is 93.8 Å². The molecule has 0 unspecified atom stereocenters. The fourth-order valence-corrected chi connectivity index (χ4v) is 1.28. The maximum Gasteiger partial charge on any atom is 0.0487 e. The number of rotatable bonds is 12. The van der Waals surface area contributed by atoms with Gasteiger partial charge in [0.25, 0.3) is 0 Å². The molecule has 0 rings (SSSR count). The van der Waals surface area contributed by atoms with Crippen molar-refractivity contribution >= 4 is 0 Å². The van der Waals surface area contributed by atoms with Crippen LogP contribution in [-0.2, 0) is 9.47 Å². The quantitative estimate of drug-likeness (QED) is 0.511. The second-order valence-electron chi connectivity index (χ2n) is 3.72. The highest BCUT2D eigenvalue weighted by molar-refractivity contribution is 4.43. The third-order valence-corrected chi connectivity index (χ3v) is 2.12. The van der Waals surface area contributed by atoms with Gasteiger partial charge in [-0.05, 0) is 25.7 Å². The number of aliphatic hydroxyl groups is 1. The molecule has 0 saturated heterocycles. The van der Waals surface area contributed by atoms with Crippen LogP contribution in [0.2, 0.25) is 0 Å². The van der Waals surface area contributed by atoms with Gasteiger partial charge in [0.05, 0.1) is 0 Å². The Balaban J connectivity index is 2.81. The predicted molar refractivity (Wildman–Crippen MR) is 62.1 cm³/mol. The largest absolute Gasteiger partial charge is 0.396 e. The van der Waals surface area contributed by atoms with Crippen molar-refractivity contribution < 1.29 is 14.6 Å². The van der Waals surface area contributed by atoms with Gasteiger partial charge in [-0.2, -0.15) is 0 Å². The SMILES string of the molecule is CCCOCCCCCCOCCCO. The Morgan fingerprint density at radius 2 is 1.27 bits per heavy atom. The molecular weight excluding hydrogens is 192 g/mol. The zero-order chi connectivity index (χ0) is 11.2. The molecule has 0 spiro atoms. The lowest BCUT2D eigenvalue weighted by atomic mass is 10.2. The van der Waals surface area contributed by atoms with Crippen molar-refractivity contribution in [2.75, 3.05) is 33.0 Å². The van der Waals surface area contributed by atoms with E-state index in [4.69, 9.17) is 14.6 Å². The molecule has 0 amide bonds. The van der Waals surface area contributed by atoms with Gasteiger partial charge >= 0.3 is 0 Å². The first-order valence-corrected chi connectivity index (χ1v) is 6.18. The van der Waals surface area contributed by atoms with Crippen LogP contribution < -0.4 is 0 Å². The highest BCUT2D eigenvalue weighted by Crippen LogP contribution is 2.00. The Morgan fingerprint density at radius 3 is 1.80 bits per heavy atom. The third-order valence-electron chi connectivity index (χ3n) is 2.12. The summed E-state index contributed by atoms with van der Waals surface area (Å²) in [5.74, 6) is 0. The summed E-state index contributed by atoms with van der Waals surface area (Å²) in [6.45, 7) is 5.67. The van der Waals surface area contributed by atoms with E-state index in [2.05, 4.69) is 6.92 Å². The first-order chi connectivity index (χ1) is 7.41. The van der Waals surface area contributed by atoms with Crippen LogP contribution in [0.4, 0.5) is 0 Å². The van der Waals surface area contributed by atoms with Crippen molar-refractivity contribution in [3.63, 3.8) is 0 Å². The lowest BCUT2D eigenvalue weighted by Gasteiger charge is -2.04. The summed E-state index contributed by atoms with van der Waals surface area (Å²) in [5, 5.41) is 8.52. The van der Waals surface area contributed by atoms with Crippen molar-refractivity contribution in [1.29, 1.82) is 0 Å². The van der Waals surface area contributed by atoms with Gasteiger partial charge in [-0.25, -0.2) is 0 Å². The molecule has 0 aromatic rings. The molecule has 0 heterocycles. The van der Waals surface area contributed by atoms with Crippen LogP contribution in [0.1, 0.15) is 45.4 Å². The van der Waals surface area contributed by atoms with Crippen molar-refractivity contribution in [2.24, 2.45) is 0 Å². The Kier molecular flexibility index (Phi) is 13.8. The van der Waals surface area contributed by atoms with E-state index in [1.165, 1.54) is 12.8 Å². The van der Waals surface area contributed by atoms with E-state index in [-0.39, 0.29) is 6.61 Å². The lowest BCUT2D eigenvalue weighted by molar-refractivity contribution is 0.109. The summed E-state index contributed by atoms with van der Waals surface area (Å²) in [4.78, 5) is 0. The molecule has 0 aliphatic rings. The summed E-state index contributed by atoms with van der Waals surface area (Å²) in [5.41, 5.74) is 0. The molecule has 3 heteroatoms. The van der Waals surface area contributed by atoms with Crippen molar-refractivity contribution in [2.45, 2.75) is 45.4 Å². The van der Waals surface area contributed by atoms with Gasteiger partial charge in [0.1, 0.15) is 0 Å². The van der Waals surface area contributed by atoms with E-state index in [1.807, 2.05) is 0 Å². The van der Waals surface area contributed by atoms with E-state index in [1.54, 1.807) is 0 Å². The molecule has 0 aliphatic heterocycles. The van der Waals surface area contributed by atoms with Gasteiger partial charge in [-0.15, -0.1) is 0 Å². The molecule has 3 nitrogen and oxygen atoms in total. The smallest absolute Gasteiger partial charge is 0.0487 e.